The standard InChI is InChI=1S/C19H21N7O2/c1-28-19-24-16(23-18(25-19)26-9-5-2-6-10-26)12-21-17(27)15-11-20-13-7-3-4-8-14(13)22-15/h3-4,7-8,11H,2,5-6,9-10,12H2,1H3,(H,21,27). The van der Waals surface area contributed by atoms with Crippen molar-refractivity contribution in [2.45, 2.75) is 25.8 Å². The lowest BCUT2D eigenvalue weighted by molar-refractivity contribution is 0.0944. The number of nitrogens with one attached hydrogen (secondary N) is 1. The van der Waals surface area contributed by atoms with Gasteiger partial charge in [0.05, 0.1) is 30.9 Å². The van der Waals surface area contributed by atoms with Gasteiger partial charge in [0.15, 0.2) is 5.82 Å². The molecular weight excluding hydrogens is 358 g/mol. The lowest BCUT2D eigenvalue weighted by Crippen LogP contribution is -2.32. The zero-order valence-electron chi connectivity index (χ0n) is 15.6. The second-order valence-electron chi connectivity index (χ2n) is 6.51. The highest BCUT2D eigenvalue weighted by molar-refractivity contribution is 5.93. The van der Waals surface area contributed by atoms with Gasteiger partial charge < -0.3 is 15.0 Å². The van der Waals surface area contributed by atoms with Crippen LogP contribution in [-0.2, 0) is 6.54 Å². The van der Waals surface area contributed by atoms with E-state index >= 15 is 0 Å². The van der Waals surface area contributed by atoms with Crippen molar-refractivity contribution >= 4 is 22.9 Å². The molecule has 2 aromatic heterocycles. The van der Waals surface area contributed by atoms with Crippen LogP contribution in [0.3, 0.4) is 0 Å². The molecule has 0 bridgehead atoms. The van der Waals surface area contributed by atoms with E-state index in [0.717, 1.165) is 31.4 Å². The molecule has 1 N–H and O–H groups in total. The predicted molar refractivity (Wildman–Crippen MR) is 103 cm³/mol. The molecule has 0 aliphatic carbocycles. The number of nitrogens with zero attached hydrogens (tertiary/aromatic N) is 6. The van der Waals surface area contributed by atoms with E-state index in [2.05, 4.69) is 35.1 Å². The summed E-state index contributed by atoms with van der Waals surface area (Å²) in [6, 6.07) is 7.65. The number of piperidine rings is 1. The molecule has 28 heavy (non-hydrogen) atoms. The number of carbonyl (C=O) groups is 1. The molecule has 1 amide bonds. The number of hydrogen-bond donors (Lipinski definition) is 1. The molecule has 3 aromatic rings. The van der Waals surface area contributed by atoms with Crippen molar-refractivity contribution in [2.24, 2.45) is 0 Å². The Morgan fingerprint density at radius 1 is 1.07 bits per heavy atom. The molecule has 1 fully saturated rings. The molecule has 4 rings (SSSR count). The Kier molecular flexibility index (Phi) is 5.22. The van der Waals surface area contributed by atoms with E-state index in [9.17, 15) is 4.79 Å². The van der Waals surface area contributed by atoms with Crippen molar-refractivity contribution in [3.05, 3.63) is 42.0 Å². The van der Waals surface area contributed by atoms with Gasteiger partial charge in [-0.2, -0.15) is 15.0 Å². The van der Waals surface area contributed by atoms with E-state index in [-0.39, 0.29) is 24.2 Å². The molecule has 0 atom stereocenters. The van der Waals surface area contributed by atoms with Crippen molar-refractivity contribution in [3.63, 3.8) is 0 Å². The average molecular weight is 379 g/mol. The van der Waals surface area contributed by atoms with E-state index in [4.69, 9.17) is 4.74 Å². The topological polar surface area (TPSA) is 106 Å². The van der Waals surface area contributed by atoms with Crippen molar-refractivity contribution in [2.75, 3.05) is 25.1 Å². The van der Waals surface area contributed by atoms with E-state index in [1.807, 2.05) is 24.3 Å². The SMILES string of the molecule is COc1nc(CNC(=O)c2cnc3ccccc3n2)nc(N2CCCCC2)n1. The summed E-state index contributed by atoms with van der Waals surface area (Å²) in [4.78, 5) is 36.3. The number of aromatic nitrogens is 5. The Balaban J connectivity index is 1.49. The van der Waals surface area contributed by atoms with Crippen LogP contribution in [0, 0.1) is 0 Å². The van der Waals surface area contributed by atoms with E-state index in [1.54, 1.807) is 0 Å². The first-order chi connectivity index (χ1) is 13.7. The molecule has 0 radical (unpaired) electrons. The molecule has 1 saturated heterocycles. The van der Waals surface area contributed by atoms with Crippen molar-refractivity contribution in [3.8, 4) is 6.01 Å². The summed E-state index contributed by atoms with van der Waals surface area (Å²) >= 11 is 0. The zero-order valence-corrected chi connectivity index (χ0v) is 15.6. The van der Waals surface area contributed by atoms with Gasteiger partial charge in [-0.1, -0.05) is 12.1 Å². The Labute approximate surface area is 162 Å². The first-order valence-corrected chi connectivity index (χ1v) is 9.27. The average Bonchev–Trinajstić information content (AvgIpc) is 2.77. The highest BCUT2D eigenvalue weighted by atomic mass is 16.5. The second kappa shape index (κ2) is 8.12. The summed E-state index contributed by atoms with van der Waals surface area (Å²) in [6.45, 7) is 1.96. The van der Waals surface area contributed by atoms with Crippen LogP contribution in [0.25, 0.3) is 11.0 Å². The van der Waals surface area contributed by atoms with Crippen LogP contribution in [-0.4, -0.2) is 51.0 Å². The number of rotatable bonds is 5. The highest BCUT2D eigenvalue weighted by Gasteiger charge is 2.17. The van der Waals surface area contributed by atoms with Crippen LogP contribution in [0.4, 0.5) is 5.95 Å². The smallest absolute Gasteiger partial charge is 0.321 e. The van der Waals surface area contributed by atoms with Crippen molar-refractivity contribution in [1.82, 2.24) is 30.2 Å². The number of anilines is 1. The third-order valence-corrected chi connectivity index (χ3v) is 4.56. The van der Waals surface area contributed by atoms with Gasteiger partial charge in [0, 0.05) is 13.1 Å². The monoisotopic (exact) mass is 379 g/mol. The molecule has 144 valence electrons. The summed E-state index contributed by atoms with van der Waals surface area (Å²) in [5, 5.41) is 2.79. The largest absolute Gasteiger partial charge is 0.467 e. The number of para-hydroxylation sites is 2. The summed E-state index contributed by atoms with van der Waals surface area (Å²) in [6.07, 6.45) is 4.90. The Bertz CT molecular complexity index is 989. The number of fused-ring (bicyclic) bond motifs is 1. The highest BCUT2D eigenvalue weighted by Crippen LogP contribution is 2.17. The van der Waals surface area contributed by atoms with Gasteiger partial charge in [-0.05, 0) is 31.4 Å². The summed E-state index contributed by atoms with van der Waals surface area (Å²) < 4.78 is 5.20. The van der Waals surface area contributed by atoms with E-state index < -0.39 is 0 Å². The number of hydrogen-bond acceptors (Lipinski definition) is 8. The molecule has 1 aliphatic heterocycles. The Morgan fingerprint density at radius 2 is 1.86 bits per heavy atom. The van der Waals surface area contributed by atoms with Gasteiger partial charge in [0.25, 0.3) is 5.91 Å². The summed E-state index contributed by atoms with van der Waals surface area (Å²) in [7, 11) is 1.52. The van der Waals surface area contributed by atoms with Gasteiger partial charge in [-0.3, -0.25) is 9.78 Å². The lowest BCUT2D eigenvalue weighted by Gasteiger charge is -2.26. The van der Waals surface area contributed by atoms with Crippen LogP contribution >= 0.6 is 0 Å². The summed E-state index contributed by atoms with van der Waals surface area (Å²) in [5.41, 5.74) is 1.66. The molecule has 1 aliphatic rings. The van der Waals surface area contributed by atoms with E-state index in [1.165, 1.54) is 19.7 Å². The van der Waals surface area contributed by atoms with Gasteiger partial charge in [0.2, 0.25) is 5.95 Å². The third-order valence-electron chi connectivity index (χ3n) is 4.56. The number of methoxy groups -OCH3 is 1. The maximum atomic E-state index is 12.5. The van der Waals surface area contributed by atoms with E-state index in [0.29, 0.717) is 17.3 Å². The number of carbonyl (C=O) groups excluding carboxylic acids is 1. The van der Waals surface area contributed by atoms with Crippen LogP contribution in [0.1, 0.15) is 35.6 Å². The Morgan fingerprint density at radius 3 is 2.64 bits per heavy atom. The maximum absolute atomic E-state index is 12.5. The Hall–Kier alpha value is -3.36. The van der Waals surface area contributed by atoms with Gasteiger partial charge >= 0.3 is 6.01 Å². The lowest BCUT2D eigenvalue weighted by atomic mass is 10.1. The fraction of sp³-hybridized carbons (Fsp3) is 0.368. The zero-order chi connectivity index (χ0) is 19.3. The second-order valence-corrected chi connectivity index (χ2v) is 6.51. The fourth-order valence-electron chi connectivity index (χ4n) is 3.11. The van der Waals surface area contributed by atoms with Crippen LogP contribution < -0.4 is 15.0 Å². The number of benzene rings is 1. The molecule has 9 nitrogen and oxygen atoms in total. The first kappa shape index (κ1) is 18.0. The quantitative estimate of drug-likeness (QED) is 0.715. The van der Waals surface area contributed by atoms with Gasteiger partial charge in [-0.25, -0.2) is 4.98 Å². The molecule has 0 unspecified atom stereocenters. The van der Waals surface area contributed by atoms with Crippen LogP contribution in [0.2, 0.25) is 0 Å². The van der Waals surface area contributed by atoms with Crippen LogP contribution in [0.15, 0.2) is 30.5 Å². The molecule has 0 saturated carbocycles. The first-order valence-electron chi connectivity index (χ1n) is 9.27. The van der Waals surface area contributed by atoms with Crippen molar-refractivity contribution < 1.29 is 9.53 Å². The minimum atomic E-state index is -0.336. The third kappa shape index (κ3) is 3.98. The molecular formula is C19H21N7O2. The summed E-state index contributed by atoms with van der Waals surface area (Å²) in [5.74, 6) is 0.688. The number of amides is 1. The van der Waals surface area contributed by atoms with Crippen molar-refractivity contribution in [1.29, 1.82) is 0 Å². The minimum Gasteiger partial charge on any atom is -0.467 e. The normalized spacial score (nSPS) is 14.1. The number of ether oxygens (including phenoxy) is 1. The van der Waals surface area contributed by atoms with Gasteiger partial charge in [0.1, 0.15) is 5.69 Å². The molecule has 9 heteroatoms. The molecule has 1 aromatic carbocycles. The molecule has 0 spiro atoms. The van der Waals surface area contributed by atoms with Crippen LogP contribution in [0.5, 0.6) is 6.01 Å². The minimum absolute atomic E-state index is 0.146. The maximum Gasteiger partial charge on any atom is 0.321 e. The fourth-order valence-corrected chi connectivity index (χ4v) is 3.11. The predicted octanol–water partition coefficient (Wildman–Crippen LogP) is 1.74. The molecule has 3 heterocycles. The van der Waals surface area contributed by atoms with Gasteiger partial charge in [-0.15, -0.1) is 0 Å².